The van der Waals surface area contributed by atoms with Gasteiger partial charge in [-0.05, 0) is 94.8 Å². The minimum atomic E-state index is -3.58. The second-order valence-electron chi connectivity index (χ2n) is 16.7. The molecule has 2 fully saturated rings. The third-order valence-electron chi connectivity index (χ3n) is 11.4. The number of fused-ring (bicyclic) bond motifs is 2. The summed E-state index contributed by atoms with van der Waals surface area (Å²) in [6.07, 6.45) is 6.47. The zero-order chi connectivity index (χ0) is 52.6. The van der Waals surface area contributed by atoms with Gasteiger partial charge in [0.2, 0.25) is 11.8 Å². The molecule has 5 N–H and O–H groups in total. The van der Waals surface area contributed by atoms with E-state index < -0.39 is 47.8 Å². The number of rotatable bonds is 9. The number of carbonyl (C=O) groups excluding carboxylic acids is 4. The number of hydrogen-bond acceptors (Lipinski definition) is 9. The highest BCUT2D eigenvalue weighted by atomic mass is 79.9. The lowest BCUT2D eigenvalue weighted by molar-refractivity contribution is -0.144. The molecule has 6 heterocycles. The van der Waals surface area contributed by atoms with Crippen LogP contribution in [0.5, 0.6) is 0 Å². The number of hydrogen-bond donors (Lipinski definition) is 4. The second kappa shape index (κ2) is 22.6. The highest BCUT2D eigenvalue weighted by molar-refractivity contribution is 9.10. The highest BCUT2D eigenvalue weighted by Crippen LogP contribution is 2.38. The van der Waals surface area contributed by atoms with Gasteiger partial charge in [0.25, 0.3) is 11.8 Å². The quantitative estimate of drug-likeness (QED) is 0.0810. The average molecular weight is 1070 g/mol. The average Bonchev–Trinajstić information content (AvgIpc) is 4.16. The van der Waals surface area contributed by atoms with Gasteiger partial charge in [0.15, 0.2) is 0 Å². The molecule has 4 aromatic heterocycles. The molecule has 2 aliphatic heterocycles. The van der Waals surface area contributed by atoms with Crippen molar-refractivity contribution in [1.29, 1.82) is 0 Å². The van der Waals surface area contributed by atoms with Crippen molar-refractivity contribution in [2.24, 2.45) is 5.73 Å². The first-order valence-electron chi connectivity index (χ1n) is 22.4. The van der Waals surface area contributed by atoms with Crippen LogP contribution >= 0.6 is 15.9 Å². The maximum atomic E-state index is 13.6. The van der Waals surface area contributed by atoms with Crippen LogP contribution in [0.3, 0.4) is 0 Å². The third-order valence-corrected chi connectivity index (χ3v) is 11.9. The molecule has 73 heavy (non-hydrogen) atoms. The summed E-state index contributed by atoms with van der Waals surface area (Å²) < 4.78 is 83.2. The molecule has 0 radical (unpaired) electrons. The number of anilines is 1. The summed E-state index contributed by atoms with van der Waals surface area (Å²) in [5.41, 5.74) is 8.92. The fourth-order valence-corrected chi connectivity index (χ4v) is 8.39. The predicted molar refractivity (Wildman–Crippen MR) is 264 cm³/mol. The van der Waals surface area contributed by atoms with Crippen molar-refractivity contribution in [3.8, 4) is 11.4 Å². The van der Waals surface area contributed by atoms with Gasteiger partial charge in [-0.1, -0.05) is 60.7 Å². The number of pyridine rings is 2. The van der Waals surface area contributed by atoms with Gasteiger partial charge in [0.05, 0.1) is 71.4 Å². The summed E-state index contributed by atoms with van der Waals surface area (Å²) in [7, 11) is 1.50. The lowest BCUT2D eigenvalue weighted by atomic mass is 9.99. The SMILES string of the molecule is CC(F)(F)C(=O)N[C@H]1CC(=O)N(c2cc3cnn(-c4ccc(F)cc4)c3cn2)[C@@H]1c1ccccc1.CC(F)(F)C(=O)N[C@H]1CC(=O)N[C@@H]1c1ccccc1.CN.Fc1ccc(-n2ncc3cc(Br)ncc32)cc1. The summed E-state index contributed by atoms with van der Waals surface area (Å²) in [6.45, 7) is 1.05. The Morgan fingerprint density at radius 1 is 0.644 bits per heavy atom. The number of halogens is 7. The van der Waals surface area contributed by atoms with Gasteiger partial charge in [0, 0.05) is 37.5 Å². The smallest absolute Gasteiger partial charge is 0.321 e. The minimum absolute atomic E-state index is 0.00137. The van der Waals surface area contributed by atoms with E-state index in [2.05, 4.69) is 57.8 Å². The van der Waals surface area contributed by atoms with Crippen LogP contribution in [-0.2, 0) is 19.2 Å². The van der Waals surface area contributed by atoms with E-state index in [4.69, 9.17) is 0 Å². The van der Waals surface area contributed by atoms with Crippen molar-refractivity contribution in [1.82, 2.24) is 45.5 Å². The molecule has 4 amide bonds. The van der Waals surface area contributed by atoms with Gasteiger partial charge in [-0.15, -0.1) is 0 Å². The molecule has 15 nitrogen and oxygen atoms in total. The van der Waals surface area contributed by atoms with E-state index in [0.717, 1.165) is 26.8 Å². The van der Waals surface area contributed by atoms with E-state index in [-0.39, 0.29) is 36.3 Å². The van der Waals surface area contributed by atoms with Crippen LogP contribution in [-0.4, -0.2) is 84.1 Å². The fraction of sp³-hybridized carbons (Fsp3) is 0.216. The monoisotopic (exact) mass is 1070 g/mol. The molecular formula is C51H46BrF6N11O4. The molecule has 378 valence electrons. The van der Waals surface area contributed by atoms with Gasteiger partial charge in [-0.3, -0.25) is 24.1 Å². The number of aromatic nitrogens is 6. The second-order valence-corrected chi connectivity index (χ2v) is 17.5. The molecule has 2 saturated heterocycles. The minimum Gasteiger partial charge on any atom is -0.347 e. The number of nitrogens with zero attached hydrogens (tertiary/aromatic N) is 7. The van der Waals surface area contributed by atoms with E-state index in [0.29, 0.717) is 41.8 Å². The standard InChI is InChI=1S/C25H20F3N5O2.C13H14F2N2O2.C12H7BrFN3.CH5N/c1-25(27,28)24(35)31-19-12-22(34)32(23(19)15-5-3-2-4-6-15)21-11-16-13-30-33(20(16)14-29-21)18-9-7-17(26)8-10-18;1-13(14,15)12(19)16-9-7-10(18)17-11(9)8-5-3-2-4-6-8;13-12-5-8-6-16-17(11(8)7-15-12)10-3-1-9(14)2-4-10;1-2/h2-11,13-14,19,23H,12H2,1H3,(H,31,35);2-6,9,11H,7H2,1H3,(H,16,19)(H,17,18);1-7H;2H2,1H3/t19-,23+;9-,11+;;/m00../s1. The Kier molecular flexibility index (Phi) is 16.4. The Balaban J connectivity index is 0.000000173. The van der Waals surface area contributed by atoms with Crippen LogP contribution in [0.25, 0.3) is 33.2 Å². The number of carbonyl (C=O) groups is 4. The van der Waals surface area contributed by atoms with Crippen molar-refractivity contribution in [3.63, 3.8) is 0 Å². The number of benzene rings is 4. The van der Waals surface area contributed by atoms with Crippen LogP contribution in [0.1, 0.15) is 49.9 Å². The van der Waals surface area contributed by atoms with Crippen LogP contribution in [0, 0.1) is 11.6 Å². The van der Waals surface area contributed by atoms with E-state index in [1.165, 1.54) is 36.2 Å². The van der Waals surface area contributed by atoms with Crippen LogP contribution < -0.4 is 26.6 Å². The number of nitrogens with two attached hydrogens (primary N) is 1. The molecule has 22 heteroatoms. The van der Waals surface area contributed by atoms with Crippen molar-refractivity contribution in [3.05, 3.63) is 173 Å². The number of amides is 4. The summed E-state index contributed by atoms with van der Waals surface area (Å²) in [5.74, 6) is -10.8. The van der Waals surface area contributed by atoms with Gasteiger partial charge in [0.1, 0.15) is 22.1 Å². The summed E-state index contributed by atoms with van der Waals surface area (Å²) >= 11 is 3.31. The lowest BCUT2D eigenvalue weighted by Gasteiger charge is -2.29. The molecule has 8 aromatic rings. The molecule has 10 rings (SSSR count). The molecule has 0 bridgehead atoms. The van der Waals surface area contributed by atoms with Crippen molar-refractivity contribution in [2.75, 3.05) is 11.9 Å². The fourth-order valence-electron chi connectivity index (χ4n) is 8.04. The number of nitrogens with one attached hydrogen (secondary N) is 3. The lowest BCUT2D eigenvalue weighted by Crippen LogP contribution is -2.46. The van der Waals surface area contributed by atoms with Crippen molar-refractivity contribution >= 4 is 67.2 Å². The number of alkyl halides is 4. The third kappa shape index (κ3) is 12.6. The Hall–Kier alpha value is -7.98. The molecular weight excluding hydrogens is 1020 g/mol. The van der Waals surface area contributed by atoms with Crippen molar-refractivity contribution in [2.45, 2.75) is 62.7 Å². The molecule has 0 saturated carbocycles. The predicted octanol–water partition coefficient (Wildman–Crippen LogP) is 8.46. The Bertz CT molecular complexity index is 3210. The largest absolute Gasteiger partial charge is 0.347 e. The van der Waals surface area contributed by atoms with E-state index in [9.17, 15) is 45.5 Å². The zero-order valence-electron chi connectivity index (χ0n) is 39.1. The van der Waals surface area contributed by atoms with Crippen molar-refractivity contribution < 1.29 is 45.5 Å². The van der Waals surface area contributed by atoms with E-state index >= 15 is 0 Å². The van der Waals surface area contributed by atoms with Crippen LogP contribution in [0.4, 0.5) is 32.2 Å². The summed E-state index contributed by atoms with van der Waals surface area (Å²) in [5, 5.41) is 17.5. The first-order valence-corrected chi connectivity index (χ1v) is 23.1. The van der Waals surface area contributed by atoms with Crippen LogP contribution in [0.2, 0.25) is 0 Å². The first kappa shape index (κ1) is 52.8. The normalized spacial score (nSPS) is 17.4. The van der Waals surface area contributed by atoms with Gasteiger partial charge >= 0.3 is 11.8 Å². The molecule has 0 aliphatic carbocycles. The molecule has 0 unspecified atom stereocenters. The Morgan fingerprint density at radius 2 is 1.11 bits per heavy atom. The maximum Gasteiger partial charge on any atom is 0.321 e. The molecule has 4 aromatic carbocycles. The van der Waals surface area contributed by atoms with Gasteiger partial charge < -0.3 is 21.7 Å². The van der Waals surface area contributed by atoms with Gasteiger partial charge in [-0.25, -0.2) is 28.1 Å². The topological polar surface area (TPSA) is 195 Å². The Labute approximate surface area is 421 Å². The summed E-state index contributed by atoms with van der Waals surface area (Å²) in [6, 6.07) is 30.7. The zero-order valence-corrected chi connectivity index (χ0v) is 40.7. The highest BCUT2D eigenvalue weighted by Gasteiger charge is 2.46. The molecule has 4 atom stereocenters. The van der Waals surface area contributed by atoms with E-state index in [1.54, 1.807) is 119 Å². The van der Waals surface area contributed by atoms with E-state index in [1.807, 2.05) is 12.1 Å². The first-order chi connectivity index (χ1) is 34.8. The molecule has 2 aliphatic rings. The summed E-state index contributed by atoms with van der Waals surface area (Å²) in [4.78, 5) is 57.9. The van der Waals surface area contributed by atoms with Gasteiger partial charge in [-0.2, -0.15) is 27.8 Å². The van der Waals surface area contributed by atoms with Crippen LogP contribution in [0.15, 0.2) is 151 Å². The molecule has 0 spiro atoms. The maximum absolute atomic E-state index is 13.6. The Morgan fingerprint density at radius 3 is 1.62 bits per heavy atom.